The Balaban J connectivity index is 2.08. The molecule has 0 saturated carbocycles. The van der Waals surface area contributed by atoms with Crippen LogP contribution >= 0.6 is 12.2 Å². The molecule has 0 spiro atoms. The molecule has 0 fully saturated rings. The van der Waals surface area contributed by atoms with E-state index in [1.54, 1.807) is 26.0 Å². The summed E-state index contributed by atoms with van der Waals surface area (Å²) in [7, 11) is -3.60. The number of H-pyrrole nitrogens is 1. The first kappa shape index (κ1) is 21.3. The molecule has 0 saturated heterocycles. The van der Waals surface area contributed by atoms with E-state index in [2.05, 4.69) is 15.5 Å². The van der Waals surface area contributed by atoms with E-state index in [0.29, 0.717) is 42.9 Å². The number of aromatic nitrogens is 3. The highest BCUT2D eigenvalue weighted by atomic mass is 32.2. The maximum Gasteiger partial charge on any atom is 0.251 e. The Morgan fingerprint density at radius 3 is 2.63 bits per heavy atom. The molecule has 27 heavy (non-hydrogen) atoms. The topological polar surface area (TPSA) is 100 Å². The molecule has 0 radical (unpaired) electrons. The first-order valence-electron chi connectivity index (χ1n) is 8.87. The third kappa shape index (κ3) is 4.82. The van der Waals surface area contributed by atoms with Crippen molar-refractivity contribution in [2.24, 2.45) is 0 Å². The molecule has 0 bridgehead atoms. The second-order valence-electron chi connectivity index (χ2n) is 5.81. The van der Waals surface area contributed by atoms with Gasteiger partial charge in [0.05, 0.1) is 4.90 Å². The number of hydrogen-bond donors (Lipinski definition) is 2. The van der Waals surface area contributed by atoms with E-state index in [1.165, 1.54) is 16.4 Å². The van der Waals surface area contributed by atoms with Gasteiger partial charge in [-0.2, -0.15) is 9.40 Å². The molecule has 2 rings (SSSR count). The third-order valence-electron chi connectivity index (χ3n) is 4.23. The maximum atomic E-state index is 12.6. The molecule has 1 heterocycles. The van der Waals surface area contributed by atoms with Crippen molar-refractivity contribution in [1.29, 1.82) is 0 Å². The van der Waals surface area contributed by atoms with Gasteiger partial charge in [0.25, 0.3) is 5.91 Å². The van der Waals surface area contributed by atoms with Crippen molar-refractivity contribution < 1.29 is 13.2 Å². The molecule has 0 aliphatic carbocycles. The molecule has 0 atom stereocenters. The molecule has 1 aromatic carbocycles. The SMILES string of the molecule is CCN(CC)S(=O)(=O)c1cccc(C(=O)NCCc2n[nH]c(=S)n2CC)c1. The van der Waals surface area contributed by atoms with E-state index in [-0.39, 0.29) is 10.8 Å². The number of sulfonamides is 1. The van der Waals surface area contributed by atoms with Crippen molar-refractivity contribution in [1.82, 2.24) is 24.4 Å². The number of nitrogens with zero attached hydrogens (tertiary/aromatic N) is 3. The zero-order valence-corrected chi connectivity index (χ0v) is 17.4. The van der Waals surface area contributed by atoms with Crippen LogP contribution in [0.2, 0.25) is 0 Å². The Bertz CT molecular complexity index is 945. The number of amides is 1. The van der Waals surface area contributed by atoms with Crippen molar-refractivity contribution in [2.45, 2.75) is 38.6 Å². The number of benzene rings is 1. The van der Waals surface area contributed by atoms with Gasteiger partial charge in [0.1, 0.15) is 5.82 Å². The van der Waals surface area contributed by atoms with Crippen molar-refractivity contribution in [2.75, 3.05) is 19.6 Å². The van der Waals surface area contributed by atoms with Crippen LogP contribution < -0.4 is 5.32 Å². The van der Waals surface area contributed by atoms with Crippen molar-refractivity contribution in [3.8, 4) is 0 Å². The lowest BCUT2D eigenvalue weighted by atomic mass is 10.2. The zero-order chi connectivity index (χ0) is 20.0. The van der Waals surface area contributed by atoms with Crippen LogP contribution in [0.5, 0.6) is 0 Å². The molecule has 0 unspecified atom stereocenters. The second-order valence-corrected chi connectivity index (χ2v) is 8.14. The highest BCUT2D eigenvalue weighted by Crippen LogP contribution is 2.17. The summed E-state index contributed by atoms with van der Waals surface area (Å²) in [4.78, 5) is 12.5. The minimum Gasteiger partial charge on any atom is -0.352 e. The van der Waals surface area contributed by atoms with Crippen molar-refractivity contribution in [3.05, 3.63) is 40.4 Å². The first-order valence-corrected chi connectivity index (χ1v) is 10.7. The van der Waals surface area contributed by atoms with Gasteiger partial charge in [0.15, 0.2) is 4.77 Å². The van der Waals surface area contributed by atoms with Crippen LogP contribution in [-0.4, -0.2) is 53.0 Å². The summed E-state index contributed by atoms with van der Waals surface area (Å²) >= 11 is 5.14. The average Bonchev–Trinajstić information content (AvgIpc) is 3.02. The van der Waals surface area contributed by atoms with Crippen LogP contribution in [-0.2, 0) is 23.0 Å². The minimum atomic E-state index is -3.60. The highest BCUT2D eigenvalue weighted by Gasteiger charge is 2.22. The first-order chi connectivity index (χ1) is 12.8. The normalized spacial score (nSPS) is 11.7. The lowest BCUT2D eigenvalue weighted by Crippen LogP contribution is -2.31. The van der Waals surface area contributed by atoms with Gasteiger partial charge in [-0.15, -0.1) is 0 Å². The highest BCUT2D eigenvalue weighted by molar-refractivity contribution is 7.89. The average molecular weight is 412 g/mol. The van der Waals surface area contributed by atoms with Gasteiger partial charge in [0.2, 0.25) is 10.0 Å². The van der Waals surface area contributed by atoms with Crippen LogP contribution in [0.15, 0.2) is 29.2 Å². The van der Waals surface area contributed by atoms with Gasteiger partial charge in [-0.25, -0.2) is 8.42 Å². The largest absolute Gasteiger partial charge is 0.352 e. The molecule has 0 aliphatic heterocycles. The van der Waals surface area contributed by atoms with Crippen LogP contribution in [0, 0.1) is 4.77 Å². The second kappa shape index (κ2) is 9.25. The molecule has 148 valence electrons. The fourth-order valence-electron chi connectivity index (χ4n) is 2.77. The maximum absolute atomic E-state index is 12.6. The summed E-state index contributed by atoms with van der Waals surface area (Å²) in [6.45, 7) is 7.35. The van der Waals surface area contributed by atoms with Crippen molar-refractivity contribution in [3.63, 3.8) is 0 Å². The summed E-state index contributed by atoms with van der Waals surface area (Å²) in [5.74, 6) is 0.435. The fourth-order valence-corrected chi connectivity index (χ4v) is 4.55. The van der Waals surface area contributed by atoms with E-state index in [9.17, 15) is 13.2 Å². The van der Waals surface area contributed by atoms with E-state index in [0.717, 1.165) is 5.82 Å². The van der Waals surface area contributed by atoms with Crippen molar-refractivity contribution >= 4 is 28.1 Å². The van der Waals surface area contributed by atoms with Crippen LogP contribution in [0.1, 0.15) is 37.0 Å². The van der Waals surface area contributed by atoms with Gasteiger partial charge in [-0.05, 0) is 37.3 Å². The van der Waals surface area contributed by atoms with E-state index >= 15 is 0 Å². The molecular weight excluding hydrogens is 386 g/mol. The Morgan fingerprint density at radius 1 is 1.30 bits per heavy atom. The number of carbonyl (C=O) groups is 1. The lowest BCUT2D eigenvalue weighted by molar-refractivity contribution is 0.0953. The number of aromatic amines is 1. The lowest BCUT2D eigenvalue weighted by Gasteiger charge is -2.18. The Labute approximate surface area is 164 Å². The molecule has 1 amide bonds. The Hall–Kier alpha value is -2.04. The van der Waals surface area contributed by atoms with Gasteiger partial charge in [-0.3, -0.25) is 9.89 Å². The summed E-state index contributed by atoms with van der Waals surface area (Å²) in [6.07, 6.45) is 0.518. The molecule has 1 aromatic heterocycles. The monoisotopic (exact) mass is 411 g/mol. The van der Waals surface area contributed by atoms with Gasteiger partial charge >= 0.3 is 0 Å². The van der Waals surface area contributed by atoms with E-state index < -0.39 is 10.0 Å². The summed E-state index contributed by atoms with van der Waals surface area (Å²) in [5.41, 5.74) is 0.303. The molecule has 8 nitrogen and oxygen atoms in total. The third-order valence-corrected chi connectivity index (χ3v) is 6.58. The summed E-state index contributed by atoms with van der Waals surface area (Å²) in [6, 6.07) is 6.08. The predicted molar refractivity (Wildman–Crippen MR) is 106 cm³/mol. The summed E-state index contributed by atoms with van der Waals surface area (Å²) in [5, 5.41) is 9.68. The molecule has 2 aromatic rings. The minimum absolute atomic E-state index is 0.116. The van der Waals surface area contributed by atoms with E-state index in [4.69, 9.17) is 12.2 Å². The fraction of sp³-hybridized carbons (Fsp3) is 0.471. The smallest absolute Gasteiger partial charge is 0.251 e. The predicted octanol–water partition coefficient (Wildman–Crippen LogP) is 1.96. The van der Waals surface area contributed by atoms with E-state index in [1.807, 2.05) is 11.5 Å². The number of rotatable bonds is 9. The van der Waals surface area contributed by atoms with Gasteiger partial charge in [0, 0.05) is 38.2 Å². The standard InChI is InChI=1S/C17H25N5O3S2/c1-4-21(5-2)27(24,25)14-9-7-8-13(12-14)16(23)18-11-10-15-19-20-17(26)22(15)6-3/h7-9,12H,4-6,10-11H2,1-3H3,(H,18,23)(H,20,26). The Kier molecular flexibility index (Phi) is 7.28. The Morgan fingerprint density at radius 2 is 2.00 bits per heavy atom. The summed E-state index contributed by atoms with van der Waals surface area (Å²) < 4.78 is 29.0. The van der Waals surface area contributed by atoms with Crippen LogP contribution in [0.25, 0.3) is 0 Å². The van der Waals surface area contributed by atoms with Gasteiger partial charge in [-0.1, -0.05) is 19.9 Å². The molecular formula is C17H25N5O3S2. The number of carbonyl (C=O) groups excluding carboxylic acids is 1. The molecule has 10 heteroatoms. The van der Waals surface area contributed by atoms with Crippen LogP contribution in [0.3, 0.4) is 0 Å². The zero-order valence-electron chi connectivity index (χ0n) is 15.7. The van der Waals surface area contributed by atoms with Gasteiger partial charge < -0.3 is 9.88 Å². The number of hydrogen-bond acceptors (Lipinski definition) is 5. The van der Waals surface area contributed by atoms with Crippen LogP contribution in [0.4, 0.5) is 0 Å². The number of nitrogens with one attached hydrogen (secondary N) is 2. The quantitative estimate of drug-likeness (QED) is 0.615. The molecule has 2 N–H and O–H groups in total. The molecule has 0 aliphatic rings.